The summed E-state index contributed by atoms with van der Waals surface area (Å²) in [6.45, 7) is 2.20. The molecule has 0 aliphatic heterocycles. The molecule has 7 heteroatoms. The number of ether oxygens (including phenoxy) is 1. The highest BCUT2D eigenvalue weighted by molar-refractivity contribution is 5.85. The molecular weight excluding hydrogens is 372 g/mol. The molecule has 0 aromatic carbocycles. The number of carboxylic acids is 1. The van der Waals surface area contributed by atoms with Gasteiger partial charge >= 0.3 is 17.9 Å². The van der Waals surface area contributed by atoms with Gasteiger partial charge in [-0.05, 0) is 25.0 Å². The lowest BCUT2D eigenvalue weighted by molar-refractivity contribution is -0.159. The molecule has 0 aliphatic carbocycles. The van der Waals surface area contributed by atoms with Crippen molar-refractivity contribution in [3.05, 3.63) is 30.6 Å². The molecule has 1 rings (SSSR count). The van der Waals surface area contributed by atoms with Crippen LogP contribution in [0.5, 0.6) is 0 Å². The number of aromatic nitrogens is 1. The fraction of sp³-hybridized carbons (Fsp3) is 0.636. The van der Waals surface area contributed by atoms with Crippen molar-refractivity contribution >= 4 is 17.9 Å². The van der Waals surface area contributed by atoms with Gasteiger partial charge in [0.15, 0.2) is 0 Å². The van der Waals surface area contributed by atoms with Gasteiger partial charge in [0.2, 0.25) is 0 Å². The first-order valence-corrected chi connectivity index (χ1v) is 10.5. The van der Waals surface area contributed by atoms with Gasteiger partial charge in [-0.1, -0.05) is 64.4 Å². The minimum Gasteiger partial charge on any atom is -0.480 e. The smallest absolute Gasteiger partial charge is 0.320 e. The summed E-state index contributed by atoms with van der Waals surface area (Å²) in [4.78, 5) is 37.1. The van der Waals surface area contributed by atoms with E-state index >= 15 is 0 Å². The van der Waals surface area contributed by atoms with Crippen LogP contribution in [-0.4, -0.2) is 34.0 Å². The highest BCUT2D eigenvalue weighted by Gasteiger charge is 2.16. The number of hydrogen-bond acceptors (Lipinski definition) is 6. The van der Waals surface area contributed by atoms with Crippen molar-refractivity contribution in [3.8, 4) is 0 Å². The van der Waals surface area contributed by atoms with Gasteiger partial charge in [-0.15, -0.1) is 0 Å². The van der Waals surface area contributed by atoms with E-state index in [2.05, 4.69) is 16.6 Å². The molecule has 1 atom stereocenters. The van der Waals surface area contributed by atoms with Crippen LogP contribution in [0, 0.1) is 0 Å². The maximum absolute atomic E-state index is 11.4. The van der Waals surface area contributed by atoms with Gasteiger partial charge in [0.25, 0.3) is 0 Å². The normalized spacial score (nSPS) is 11.1. The minimum absolute atomic E-state index is 0.0283. The zero-order valence-corrected chi connectivity index (χ0v) is 17.6. The van der Waals surface area contributed by atoms with E-state index in [1.807, 2.05) is 18.2 Å². The van der Waals surface area contributed by atoms with Crippen molar-refractivity contribution in [2.75, 3.05) is 0 Å². The van der Waals surface area contributed by atoms with Gasteiger partial charge in [0.05, 0.1) is 0 Å². The zero-order valence-electron chi connectivity index (χ0n) is 17.6. The lowest BCUT2D eigenvalue weighted by Crippen LogP contribution is -2.30. The van der Waals surface area contributed by atoms with Crippen molar-refractivity contribution in [2.45, 2.75) is 90.0 Å². The molecule has 0 saturated carbocycles. The lowest BCUT2D eigenvalue weighted by Gasteiger charge is -2.06. The van der Waals surface area contributed by atoms with E-state index in [1.165, 1.54) is 38.5 Å². The number of nitrogens with zero attached hydrogens (tertiary/aromatic N) is 1. The van der Waals surface area contributed by atoms with Gasteiger partial charge in [0, 0.05) is 25.2 Å². The van der Waals surface area contributed by atoms with E-state index in [1.54, 1.807) is 12.4 Å². The molecular formula is C22H36N2O5. The number of hydrogen-bond donors (Lipinski definition) is 2. The number of carbonyl (C=O) groups is 3. The monoisotopic (exact) mass is 408 g/mol. The van der Waals surface area contributed by atoms with E-state index in [0.29, 0.717) is 0 Å². The van der Waals surface area contributed by atoms with Crippen LogP contribution in [0.2, 0.25) is 0 Å². The van der Waals surface area contributed by atoms with Crippen molar-refractivity contribution in [1.29, 1.82) is 0 Å². The topological polar surface area (TPSA) is 120 Å². The van der Waals surface area contributed by atoms with Crippen LogP contribution < -0.4 is 5.73 Å². The second-order valence-corrected chi connectivity index (χ2v) is 6.93. The predicted octanol–water partition coefficient (Wildman–Crippen LogP) is 4.25. The molecule has 29 heavy (non-hydrogen) atoms. The number of unbranched alkanes of at least 4 members (excludes halogenated alkanes) is 8. The number of aliphatic carboxylic acids is 1. The molecule has 1 heterocycles. The molecule has 0 aliphatic rings. The first-order chi connectivity index (χ1) is 14.0. The number of nitrogens with two attached hydrogens (primary N) is 1. The van der Waals surface area contributed by atoms with E-state index in [4.69, 9.17) is 10.8 Å². The largest absolute Gasteiger partial charge is 0.480 e. The fourth-order valence-corrected chi connectivity index (χ4v) is 2.52. The predicted molar refractivity (Wildman–Crippen MR) is 112 cm³/mol. The van der Waals surface area contributed by atoms with Crippen LogP contribution in [0.1, 0.15) is 84.0 Å². The molecule has 0 saturated heterocycles. The van der Waals surface area contributed by atoms with Gasteiger partial charge in [-0.25, -0.2) is 0 Å². The average Bonchev–Trinajstić information content (AvgIpc) is 2.72. The highest BCUT2D eigenvalue weighted by Crippen LogP contribution is 2.11. The molecule has 0 fully saturated rings. The van der Waals surface area contributed by atoms with Crippen molar-refractivity contribution in [1.82, 2.24) is 4.98 Å². The summed E-state index contributed by atoms with van der Waals surface area (Å²) in [5, 5.41) is 8.58. The van der Waals surface area contributed by atoms with E-state index in [9.17, 15) is 14.4 Å². The summed E-state index contributed by atoms with van der Waals surface area (Å²) in [5.41, 5.74) is 5.27. The van der Waals surface area contributed by atoms with Crippen molar-refractivity contribution in [2.24, 2.45) is 5.73 Å². The number of pyridine rings is 1. The maximum atomic E-state index is 11.4. The molecule has 3 N–H and O–H groups in total. The number of esters is 2. The SMILES string of the molecule is CCCCCCCCCCCC(=O)OC(=O)CC[C@H](N)C(=O)O.c1ccncc1. The van der Waals surface area contributed by atoms with Crippen molar-refractivity contribution in [3.63, 3.8) is 0 Å². The zero-order chi connectivity index (χ0) is 21.7. The van der Waals surface area contributed by atoms with Crippen LogP contribution in [0.15, 0.2) is 30.6 Å². The highest BCUT2D eigenvalue weighted by atomic mass is 16.6. The second kappa shape index (κ2) is 19.1. The molecule has 0 unspecified atom stereocenters. The average molecular weight is 409 g/mol. The quantitative estimate of drug-likeness (QED) is 0.268. The Morgan fingerprint density at radius 2 is 1.38 bits per heavy atom. The Balaban J connectivity index is 0.00000110. The first kappa shape index (κ1) is 26.7. The molecule has 0 spiro atoms. The Labute approximate surface area is 174 Å². The third kappa shape index (κ3) is 18.8. The summed E-state index contributed by atoms with van der Waals surface area (Å²) < 4.78 is 4.63. The van der Waals surface area contributed by atoms with Gasteiger partial charge in [-0.2, -0.15) is 0 Å². The third-order valence-electron chi connectivity index (χ3n) is 4.26. The molecule has 7 nitrogen and oxygen atoms in total. The molecule has 1 aromatic heterocycles. The van der Waals surface area contributed by atoms with Crippen molar-refractivity contribution < 1.29 is 24.2 Å². The number of carboxylic acid groups (broad SMARTS) is 1. The maximum Gasteiger partial charge on any atom is 0.320 e. The summed E-state index contributed by atoms with van der Waals surface area (Å²) in [7, 11) is 0. The van der Waals surface area contributed by atoms with E-state index in [-0.39, 0.29) is 19.3 Å². The fourth-order valence-electron chi connectivity index (χ4n) is 2.52. The van der Waals surface area contributed by atoms with Crippen LogP contribution in [0.4, 0.5) is 0 Å². The Morgan fingerprint density at radius 3 is 1.83 bits per heavy atom. The van der Waals surface area contributed by atoms with E-state index < -0.39 is 23.9 Å². The standard InChI is InChI=1S/C17H31NO5.C5H5N/c1-2-3-4-5-6-7-8-9-10-11-15(19)23-16(20)13-12-14(18)17(21)22;1-2-4-6-5-3-1/h14H,2-13,18H2,1H3,(H,21,22);1-5H/t14-;/m0./s1. The number of rotatable bonds is 14. The lowest BCUT2D eigenvalue weighted by atomic mass is 10.1. The second-order valence-electron chi connectivity index (χ2n) is 6.93. The minimum atomic E-state index is -1.17. The molecule has 164 valence electrons. The Kier molecular flexibility index (Phi) is 17.6. The Bertz CT molecular complexity index is 525. The third-order valence-corrected chi connectivity index (χ3v) is 4.26. The Hall–Kier alpha value is -2.28. The Morgan fingerprint density at radius 1 is 0.862 bits per heavy atom. The molecule has 0 bridgehead atoms. The molecule has 0 amide bonds. The van der Waals surface area contributed by atoms with E-state index in [0.717, 1.165) is 19.3 Å². The number of carbonyl (C=O) groups excluding carboxylic acids is 2. The molecule has 0 radical (unpaired) electrons. The van der Waals surface area contributed by atoms with Gasteiger partial charge < -0.3 is 15.6 Å². The molecule has 1 aromatic rings. The summed E-state index contributed by atoms with van der Waals surface area (Å²) in [5.74, 6) is -2.41. The summed E-state index contributed by atoms with van der Waals surface area (Å²) in [6.07, 6.45) is 13.9. The van der Waals surface area contributed by atoms with Crippen LogP contribution in [0.3, 0.4) is 0 Å². The summed E-state index contributed by atoms with van der Waals surface area (Å²) >= 11 is 0. The van der Waals surface area contributed by atoms with Crippen LogP contribution >= 0.6 is 0 Å². The van der Waals surface area contributed by atoms with Gasteiger partial charge in [0.1, 0.15) is 6.04 Å². The first-order valence-electron chi connectivity index (χ1n) is 10.5. The summed E-state index contributed by atoms with van der Waals surface area (Å²) in [6, 6.07) is 4.61. The van der Waals surface area contributed by atoms with Crippen LogP contribution in [-0.2, 0) is 19.1 Å². The van der Waals surface area contributed by atoms with Gasteiger partial charge in [-0.3, -0.25) is 19.4 Å². The van der Waals surface area contributed by atoms with Crippen LogP contribution in [0.25, 0.3) is 0 Å².